The molecule has 1 unspecified atom stereocenters. The standard InChI is InChI=1S/C10H10N2O3/c13-6-1-4-12-7(8(6)14)9(15)10(2-3-10)5-11-12/h1,4-5,9,14-15H,2-3H2. The van der Waals surface area contributed by atoms with E-state index in [9.17, 15) is 15.0 Å². The predicted octanol–water partition coefficient (Wildman–Crippen LogP) is 0.215. The lowest BCUT2D eigenvalue weighted by atomic mass is 9.96. The third-order valence-electron chi connectivity index (χ3n) is 3.16. The molecular formula is C10H10N2O3. The molecule has 1 atom stereocenters. The van der Waals surface area contributed by atoms with Crippen LogP contribution >= 0.6 is 0 Å². The van der Waals surface area contributed by atoms with Crippen LogP contribution in [0.25, 0.3) is 0 Å². The summed E-state index contributed by atoms with van der Waals surface area (Å²) < 4.78 is 1.35. The van der Waals surface area contributed by atoms with E-state index in [-0.39, 0.29) is 11.1 Å². The van der Waals surface area contributed by atoms with Crippen molar-refractivity contribution in [1.29, 1.82) is 0 Å². The van der Waals surface area contributed by atoms with Gasteiger partial charge < -0.3 is 10.2 Å². The maximum atomic E-state index is 11.2. The van der Waals surface area contributed by atoms with Crippen molar-refractivity contribution in [3.8, 4) is 5.75 Å². The van der Waals surface area contributed by atoms with Gasteiger partial charge in [-0.3, -0.25) is 4.79 Å². The summed E-state index contributed by atoms with van der Waals surface area (Å²) >= 11 is 0. The van der Waals surface area contributed by atoms with Gasteiger partial charge in [0.05, 0.1) is 0 Å². The number of aromatic nitrogens is 1. The van der Waals surface area contributed by atoms with Crippen molar-refractivity contribution in [2.75, 3.05) is 0 Å². The summed E-state index contributed by atoms with van der Waals surface area (Å²) in [6.07, 6.45) is 4.02. The van der Waals surface area contributed by atoms with E-state index in [1.807, 2.05) is 0 Å². The summed E-state index contributed by atoms with van der Waals surface area (Å²) in [4.78, 5) is 11.2. The Bertz CT molecular complexity index is 514. The maximum absolute atomic E-state index is 11.2. The summed E-state index contributed by atoms with van der Waals surface area (Å²) in [5, 5.41) is 23.7. The fourth-order valence-electron chi connectivity index (χ4n) is 1.95. The zero-order valence-electron chi connectivity index (χ0n) is 7.92. The van der Waals surface area contributed by atoms with Gasteiger partial charge in [-0.05, 0) is 12.8 Å². The van der Waals surface area contributed by atoms with Crippen LogP contribution in [-0.2, 0) is 0 Å². The Morgan fingerprint density at radius 2 is 2.27 bits per heavy atom. The van der Waals surface area contributed by atoms with Gasteiger partial charge in [0.1, 0.15) is 11.8 Å². The van der Waals surface area contributed by atoms with Gasteiger partial charge in [0, 0.05) is 23.9 Å². The average Bonchev–Trinajstić information content (AvgIpc) is 2.99. The summed E-state index contributed by atoms with van der Waals surface area (Å²) in [5.74, 6) is -0.395. The smallest absolute Gasteiger partial charge is 0.223 e. The van der Waals surface area contributed by atoms with Crippen LogP contribution in [0.2, 0.25) is 0 Å². The van der Waals surface area contributed by atoms with E-state index in [0.29, 0.717) is 0 Å². The normalized spacial score (nSPS) is 25.3. The Morgan fingerprint density at radius 1 is 1.53 bits per heavy atom. The number of fused-ring (bicyclic) bond motifs is 1. The van der Waals surface area contributed by atoms with Crippen LogP contribution in [0.5, 0.6) is 5.75 Å². The average molecular weight is 206 g/mol. The van der Waals surface area contributed by atoms with Crippen molar-refractivity contribution >= 4 is 6.21 Å². The van der Waals surface area contributed by atoms with Crippen LogP contribution < -0.4 is 5.43 Å². The van der Waals surface area contributed by atoms with Crippen molar-refractivity contribution in [3.63, 3.8) is 0 Å². The lowest BCUT2D eigenvalue weighted by Crippen LogP contribution is -2.26. The molecular weight excluding hydrogens is 196 g/mol. The first-order valence-corrected chi connectivity index (χ1v) is 4.82. The van der Waals surface area contributed by atoms with Gasteiger partial charge in [-0.15, -0.1) is 0 Å². The Hall–Kier alpha value is -1.62. The fraction of sp³-hybridized carbons (Fsp3) is 0.400. The zero-order valence-corrected chi connectivity index (χ0v) is 7.92. The number of aliphatic hydroxyl groups excluding tert-OH is 1. The SMILES string of the molecule is O=c1ccn2c(c1O)C(O)C1(C=N2)CC1. The third-order valence-corrected chi connectivity index (χ3v) is 3.16. The molecule has 1 aromatic heterocycles. The molecule has 15 heavy (non-hydrogen) atoms. The molecule has 2 heterocycles. The molecule has 1 saturated carbocycles. The molecule has 3 rings (SSSR count). The molecule has 0 aromatic carbocycles. The highest BCUT2D eigenvalue weighted by Gasteiger charge is 2.52. The molecule has 0 bridgehead atoms. The van der Waals surface area contributed by atoms with E-state index < -0.39 is 17.3 Å². The molecule has 2 aliphatic rings. The molecule has 0 saturated heterocycles. The third kappa shape index (κ3) is 1.01. The molecule has 1 aliphatic carbocycles. The first-order chi connectivity index (χ1) is 7.14. The van der Waals surface area contributed by atoms with Crippen molar-refractivity contribution in [2.45, 2.75) is 18.9 Å². The Balaban J connectivity index is 2.27. The molecule has 78 valence electrons. The highest BCUT2D eigenvalue weighted by molar-refractivity contribution is 5.72. The van der Waals surface area contributed by atoms with Crippen molar-refractivity contribution in [3.05, 3.63) is 28.2 Å². The first kappa shape index (κ1) is 8.67. The highest BCUT2D eigenvalue weighted by Crippen LogP contribution is 2.55. The Labute approximate surface area is 85.3 Å². The second-order valence-electron chi connectivity index (χ2n) is 4.14. The summed E-state index contributed by atoms with van der Waals surface area (Å²) in [6, 6.07) is 1.23. The van der Waals surface area contributed by atoms with Gasteiger partial charge in [-0.25, -0.2) is 4.68 Å². The summed E-state index contributed by atoms with van der Waals surface area (Å²) in [6.45, 7) is 0. The van der Waals surface area contributed by atoms with Gasteiger partial charge in [-0.2, -0.15) is 5.10 Å². The van der Waals surface area contributed by atoms with Crippen LogP contribution in [0.15, 0.2) is 22.2 Å². The molecule has 5 heteroatoms. The van der Waals surface area contributed by atoms with Crippen LogP contribution in [0.3, 0.4) is 0 Å². The molecule has 1 fully saturated rings. The van der Waals surface area contributed by atoms with Gasteiger partial charge in [0.2, 0.25) is 5.43 Å². The zero-order chi connectivity index (χ0) is 10.6. The minimum absolute atomic E-state index is 0.211. The number of hydrogen-bond acceptors (Lipinski definition) is 4. The van der Waals surface area contributed by atoms with E-state index in [2.05, 4.69) is 5.10 Å². The predicted molar refractivity (Wildman–Crippen MR) is 52.9 cm³/mol. The van der Waals surface area contributed by atoms with Crippen LogP contribution in [0.1, 0.15) is 24.6 Å². The number of hydrogen-bond donors (Lipinski definition) is 2. The quantitative estimate of drug-likeness (QED) is 0.637. The number of pyridine rings is 1. The van der Waals surface area contributed by atoms with Gasteiger partial charge in [0.25, 0.3) is 0 Å². The Morgan fingerprint density at radius 3 is 2.93 bits per heavy atom. The minimum Gasteiger partial charge on any atom is -0.503 e. The molecule has 0 radical (unpaired) electrons. The lowest BCUT2D eigenvalue weighted by molar-refractivity contribution is 0.113. The molecule has 0 amide bonds. The second-order valence-corrected chi connectivity index (χ2v) is 4.14. The molecule has 1 aliphatic heterocycles. The van der Waals surface area contributed by atoms with E-state index in [1.165, 1.54) is 16.9 Å². The van der Waals surface area contributed by atoms with Crippen molar-refractivity contribution in [1.82, 2.24) is 4.68 Å². The number of rotatable bonds is 0. The summed E-state index contributed by atoms with van der Waals surface area (Å²) in [7, 11) is 0. The molecule has 5 nitrogen and oxygen atoms in total. The monoisotopic (exact) mass is 206 g/mol. The van der Waals surface area contributed by atoms with Crippen LogP contribution in [0, 0.1) is 5.41 Å². The molecule has 1 spiro atoms. The molecule has 2 N–H and O–H groups in total. The second kappa shape index (κ2) is 2.49. The van der Waals surface area contributed by atoms with E-state index in [4.69, 9.17) is 0 Å². The minimum atomic E-state index is -0.830. The summed E-state index contributed by atoms with van der Waals surface area (Å²) in [5.41, 5.74) is -0.610. The van der Waals surface area contributed by atoms with E-state index in [1.54, 1.807) is 6.21 Å². The Kier molecular flexibility index (Phi) is 1.44. The first-order valence-electron chi connectivity index (χ1n) is 4.82. The molecule has 1 aromatic rings. The van der Waals surface area contributed by atoms with Crippen LogP contribution in [0.4, 0.5) is 0 Å². The lowest BCUT2D eigenvalue weighted by Gasteiger charge is -2.25. The van der Waals surface area contributed by atoms with E-state index in [0.717, 1.165) is 12.8 Å². The van der Waals surface area contributed by atoms with Crippen molar-refractivity contribution in [2.24, 2.45) is 10.5 Å². The number of nitrogens with zero attached hydrogens (tertiary/aromatic N) is 2. The van der Waals surface area contributed by atoms with Gasteiger partial charge in [-0.1, -0.05) is 0 Å². The van der Waals surface area contributed by atoms with Crippen molar-refractivity contribution < 1.29 is 10.2 Å². The largest absolute Gasteiger partial charge is 0.503 e. The highest BCUT2D eigenvalue weighted by atomic mass is 16.3. The number of aromatic hydroxyl groups is 1. The topological polar surface area (TPSA) is 74.8 Å². The number of aliphatic hydroxyl groups is 1. The fourth-order valence-corrected chi connectivity index (χ4v) is 1.95. The van der Waals surface area contributed by atoms with Gasteiger partial charge >= 0.3 is 0 Å². The maximum Gasteiger partial charge on any atom is 0.223 e. The van der Waals surface area contributed by atoms with Crippen LogP contribution in [-0.4, -0.2) is 21.1 Å². The van der Waals surface area contributed by atoms with Gasteiger partial charge in [0.15, 0.2) is 5.75 Å². The van der Waals surface area contributed by atoms with E-state index >= 15 is 0 Å².